The fourth-order valence-electron chi connectivity index (χ4n) is 3.21. The molecule has 1 saturated heterocycles. The molecule has 0 aromatic carbocycles. The van der Waals surface area contributed by atoms with E-state index in [1.165, 1.54) is 24.3 Å². The predicted molar refractivity (Wildman–Crippen MR) is 101 cm³/mol. The maximum atomic E-state index is 13.6. The molecule has 1 unspecified atom stereocenters. The van der Waals surface area contributed by atoms with E-state index < -0.39 is 29.9 Å². The van der Waals surface area contributed by atoms with Gasteiger partial charge in [-0.15, -0.1) is 0 Å². The topological polar surface area (TPSA) is 74.5 Å². The highest BCUT2D eigenvalue weighted by molar-refractivity contribution is 6.36. The van der Waals surface area contributed by atoms with Crippen LogP contribution in [0.4, 0.5) is 19.0 Å². The van der Waals surface area contributed by atoms with Crippen LogP contribution in [-0.4, -0.2) is 62.8 Å². The average molecular weight is 452 g/mol. The van der Waals surface area contributed by atoms with Gasteiger partial charge in [-0.1, -0.05) is 23.2 Å². The summed E-state index contributed by atoms with van der Waals surface area (Å²) in [5.74, 6) is -0.959. The predicted octanol–water partition coefficient (Wildman–Crippen LogP) is 2.61. The number of rotatable bonds is 4. The highest BCUT2D eigenvalue weighted by Crippen LogP contribution is 2.41. The Bertz CT molecular complexity index is 899. The standard InChI is InChI=1S/C17H18Cl2F3N5O2/c1-25-3-2-23-15(25)16(29,17(20,21)22)9-13(28)26-4-6-27(7-5-26)14-12(19)8-11(18)10-24-14/h2-3,8,10,29H,4-7,9H2,1H3. The number of pyridine rings is 1. The second kappa shape index (κ2) is 8.00. The molecular weight excluding hydrogens is 434 g/mol. The van der Waals surface area contributed by atoms with E-state index in [4.69, 9.17) is 23.2 Å². The minimum absolute atomic E-state index is 0.161. The lowest BCUT2D eigenvalue weighted by Gasteiger charge is -2.37. The molecule has 7 nitrogen and oxygen atoms in total. The van der Waals surface area contributed by atoms with Crippen molar-refractivity contribution in [1.29, 1.82) is 0 Å². The Morgan fingerprint density at radius 3 is 2.38 bits per heavy atom. The zero-order valence-corrected chi connectivity index (χ0v) is 16.8. The van der Waals surface area contributed by atoms with Crippen LogP contribution < -0.4 is 4.90 Å². The molecule has 1 atom stereocenters. The fourth-order valence-corrected chi connectivity index (χ4v) is 3.71. The smallest absolute Gasteiger partial charge is 0.374 e. The van der Waals surface area contributed by atoms with Crippen molar-refractivity contribution < 1.29 is 23.1 Å². The summed E-state index contributed by atoms with van der Waals surface area (Å²) in [5.41, 5.74) is -3.37. The first kappa shape index (κ1) is 21.7. The first-order valence-electron chi connectivity index (χ1n) is 8.63. The molecule has 1 aliphatic heterocycles. The number of piperazine rings is 1. The normalized spacial score (nSPS) is 17.3. The molecule has 29 heavy (non-hydrogen) atoms. The third-order valence-corrected chi connectivity index (χ3v) is 5.27. The van der Waals surface area contributed by atoms with Gasteiger partial charge in [-0.25, -0.2) is 9.97 Å². The Morgan fingerprint density at radius 2 is 1.86 bits per heavy atom. The number of aryl methyl sites for hydroxylation is 1. The van der Waals surface area contributed by atoms with Gasteiger partial charge in [0.1, 0.15) is 5.82 Å². The summed E-state index contributed by atoms with van der Waals surface area (Å²) in [4.78, 5) is 23.4. The number of halogens is 5. The van der Waals surface area contributed by atoms with Gasteiger partial charge in [-0.3, -0.25) is 4.79 Å². The Hall–Kier alpha value is -2.04. The molecule has 3 heterocycles. The number of nitrogens with zero attached hydrogens (tertiary/aromatic N) is 5. The minimum Gasteiger partial charge on any atom is -0.374 e. The molecule has 0 aliphatic carbocycles. The number of hydrogen-bond donors (Lipinski definition) is 1. The van der Waals surface area contributed by atoms with E-state index >= 15 is 0 Å². The molecule has 0 spiro atoms. The van der Waals surface area contributed by atoms with Gasteiger partial charge < -0.3 is 19.5 Å². The second-order valence-electron chi connectivity index (χ2n) is 6.72. The number of amides is 1. The minimum atomic E-state index is -5.07. The molecule has 0 radical (unpaired) electrons. The van der Waals surface area contributed by atoms with E-state index in [2.05, 4.69) is 9.97 Å². The molecule has 1 amide bonds. The summed E-state index contributed by atoms with van der Waals surface area (Å²) >= 11 is 12.0. The van der Waals surface area contributed by atoms with Crippen LogP contribution in [0.3, 0.4) is 0 Å². The molecule has 0 bridgehead atoms. The fraction of sp³-hybridized carbons (Fsp3) is 0.471. The number of imidazole rings is 1. The van der Waals surface area contributed by atoms with E-state index in [0.29, 0.717) is 29.0 Å². The third kappa shape index (κ3) is 4.29. The van der Waals surface area contributed by atoms with Crippen molar-refractivity contribution >= 4 is 34.9 Å². The Morgan fingerprint density at radius 1 is 1.21 bits per heavy atom. The van der Waals surface area contributed by atoms with Crippen LogP contribution in [-0.2, 0) is 17.4 Å². The number of aliphatic hydroxyl groups is 1. The van der Waals surface area contributed by atoms with Crippen LogP contribution in [0.2, 0.25) is 10.0 Å². The van der Waals surface area contributed by atoms with Gasteiger partial charge in [0.2, 0.25) is 11.5 Å². The van der Waals surface area contributed by atoms with E-state index in [1.54, 1.807) is 6.07 Å². The van der Waals surface area contributed by atoms with Gasteiger partial charge in [0.25, 0.3) is 0 Å². The SMILES string of the molecule is Cn1ccnc1C(O)(CC(=O)N1CCN(c2ncc(Cl)cc2Cl)CC1)C(F)(F)F. The van der Waals surface area contributed by atoms with Crippen molar-refractivity contribution in [2.24, 2.45) is 7.05 Å². The molecule has 2 aromatic heterocycles. The highest BCUT2D eigenvalue weighted by Gasteiger charge is 2.59. The first-order chi connectivity index (χ1) is 13.5. The van der Waals surface area contributed by atoms with Crippen LogP contribution in [0.5, 0.6) is 0 Å². The third-order valence-electron chi connectivity index (χ3n) is 4.79. The van der Waals surface area contributed by atoms with Gasteiger partial charge in [-0.05, 0) is 6.07 Å². The molecule has 1 N–H and O–H groups in total. The molecule has 2 aromatic rings. The van der Waals surface area contributed by atoms with Crippen molar-refractivity contribution in [3.63, 3.8) is 0 Å². The first-order valence-corrected chi connectivity index (χ1v) is 9.39. The number of aromatic nitrogens is 3. The molecule has 158 valence electrons. The molecule has 3 rings (SSSR count). The molecule has 1 aliphatic rings. The Kier molecular flexibility index (Phi) is 5.98. The Labute approximate surface area is 174 Å². The summed E-state index contributed by atoms with van der Waals surface area (Å²) in [6.07, 6.45) is -2.36. The van der Waals surface area contributed by atoms with Gasteiger partial charge in [0.15, 0.2) is 5.82 Å². The van der Waals surface area contributed by atoms with Gasteiger partial charge in [0, 0.05) is 51.8 Å². The van der Waals surface area contributed by atoms with Gasteiger partial charge >= 0.3 is 6.18 Å². The molecule has 1 fully saturated rings. The lowest BCUT2D eigenvalue weighted by molar-refractivity contribution is -0.272. The van der Waals surface area contributed by atoms with Crippen molar-refractivity contribution in [1.82, 2.24) is 19.4 Å². The maximum Gasteiger partial charge on any atom is 0.425 e. The summed E-state index contributed by atoms with van der Waals surface area (Å²) < 4.78 is 41.9. The number of carbonyl (C=O) groups is 1. The van der Waals surface area contributed by atoms with Crippen LogP contribution in [0, 0.1) is 0 Å². The van der Waals surface area contributed by atoms with Crippen molar-refractivity contribution in [2.75, 3.05) is 31.1 Å². The van der Waals surface area contributed by atoms with Gasteiger partial charge in [0.05, 0.1) is 16.5 Å². The number of alkyl halides is 3. The zero-order valence-electron chi connectivity index (χ0n) is 15.3. The van der Waals surface area contributed by atoms with E-state index in [9.17, 15) is 23.1 Å². The maximum absolute atomic E-state index is 13.6. The molecule has 12 heteroatoms. The summed E-state index contributed by atoms with van der Waals surface area (Å²) in [5, 5.41) is 11.1. The average Bonchev–Trinajstić information content (AvgIpc) is 3.07. The zero-order chi connectivity index (χ0) is 21.4. The lowest BCUT2D eigenvalue weighted by atomic mass is 9.96. The lowest BCUT2D eigenvalue weighted by Crippen LogP contribution is -2.53. The number of anilines is 1. The van der Waals surface area contributed by atoms with Gasteiger partial charge in [-0.2, -0.15) is 13.2 Å². The van der Waals surface area contributed by atoms with Crippen molar-refractivity contribution in [3.8, 4) is 0 Å². The summed E-state index contributed by atoms with van der Waals surface area (Å²) in [7, 11) is 1.32. The van der Waals surface area contributed by atoms with Crippen LogP contribution in [0.25, 0.3) is 0 Å². The molecule has 0 saturated carbocycles. The van der Waals surface area contributed by atoms with E-state index in [-0.39, 0.29) is 13.1 Å². The van der Waals surface area contributed by atoms with Crippen molar-refractivity contribution in [2.45, 2.75) is 18.2 Å². The largest absolute Gasteiger partial charge is 0.425 e. The van der Waals surface area contributed by atoms with Crippen LogP contribution in [0.1, 0.15) is 12.2 Å². The number of carbonyl (C=O) groups excluding carboxylic acids is 1. The van der Waals surface area contributed by atoms with E-state index in [1.807, 2.05) is 4.90 Å². The van der Waals surface area contributed by atoms with Crippen LogP contribution >= 0.6 is 23.2 Å². The summed E-state index contributed by atoms with van der Waals surface area (Å²) in [6, 6.07) is 1.54. The number of hydrogen-bond acceptors (Lipinski definition) is 5. The summed E-state index contributed by atoms with van der Waals surface area (Å²) in [6.45, 7) is 0.974. The Balaban J connectivity index is 1.71. The van der Waals surface area contributed by atoms with E-state index in [0.717, 1.165) is 10.8 Å². The van der Waals surface area contributed by atoms with Crippen LogP contribution in [0.15, 0.2) is 24.7 Å². The van der Waals surface area contributed by atoms with Crippen molar-refractivity contribution in [3.05, 3.63) is 40.5 Å². The monoisotopic (exact) mass is 451 g/mol. The molecular formula is C17H18Cl2F3N5O2. The second-order valence-corrected chi connectivity index (χ2v) is 7.57. The highest BCUT2D eigenvalue weighted by atomic mass is 35.5. The quantitative estimate of drug-likeness (QED) is 0.773.